The molecule has 0 radical (unpaired) electrons. The Morgan fingerprint density at radius 1 is 1.50 bits per heavy atom. The fourth-order valence-corrected chi connectivity index (χ4v) is 1.53. The van der Waals surface area contributed by atoms with Gasteiger partial charge in [-0.1, -0.05) is 12.1 Å². The van der Waals surface area contributed by atoms with Crippen LogP contribution in [0.3, 0.4) is 0 Å². The van der Waals surface area contributed by atoms with E-state index in [9.17, 15) is 4.79 Å². The van der Waals surface area contributed by atoms with Crippen LogP contribution in [0.25, 0.3) is 0 Å². The number of phenols is 1. The molecule has 0 amide bonds. The zero-order valence-corrected chi connectivity index (χ0v) is 9.70. The number of halogens is 1. The lowest BCUT2D eigenvalue weighted by Crippen LogP contribution is -2.32. The molecule has 1 atom stereocenters. The molecule has 0 saturated heterocycles. The van der Waals surface area contributed by atoms with Gasteiger partial charge in [0.05, 0.1) is 7.11 Å². The minimum atomic E-state index is -0.513. The maximum atomic E-state index is 11.2. The lowest BCUT2D eigenvalue weighted by atomic mass is 10.1. The maximum Gasteiger partial charge on any atom is 0.324 e. The van der Waals surface area contributed by atoms with E-state index < -0.39 is 6.04 Å². The molecular formula is C11H14ClNO3. The molecule has 0 unspecified atom stereocenters. The van der Waals surface area contributed by atoms with Gasteiger partial charge in [-0.3, -0.25) is 4.79 Å². The van der Waals surface area contributed by atoms with E-state index in [1.54, 1.807) is 24.3 Å². The smallest absolute Gasteiger partial charge is 0.324 e. The van der Waals surface area contributed by atoms with Crippen molar-refractivity contribution in [2.45, 2.75) is 18.9 Å². The minimum Gasteiger partial charge on any atom is -0.508 e. The van der Waals surface area contributed by atoms with E-state index in [4.69, 9.17) is 16.9 Å². The number of rotatable bonds is 5. The van der Waals surface area contributed by atoms with Gasteiger partial charge in [0.15, 0.2) is 0 Å². The van der Waals surface area contributed by atoms with Crippen LogP contribution in [0.2, 0.25) is 0 Å². The Hall–Kier alpha value is -1.26. The van der Waals surface area contributed by atoms with Gasteiger partial charge in [-0.25, -0.2) is 4.84 Å². The second-order valence-electron chi connectivity index (χ2n) is 3.39. The van der Waals surface area contributed by atoms with Crippen molar-refractivity contribution in [2.75, 3.05) is 7.11 Å². The number of ether oxygens (including phenoxy) is 1. The van der Waals surface area contributed by atoms with Gasteiger partial charge in [0.1, 0.15) is 11.8 Å². The van der Waals surface area contributed by atoms with Crippen molar-refractivity contribution < 1.29 is 14.6 Å². The second-order valence-corrected chi connectivity index (χ2v) is 3.61. The van der Waals surface area contributed by atoms with E-state index in [1.165, 1.54) is 7.11 Å². The third-order valence-corrected chi connectivity index (χ3v) is 2.54. The molecule has 0 heterocycles. The highest BCUT2D eigenvalue weighted by atomic mass is 35.5. The van der Waals surface area contributed by atoms with Crippen LogP contribution in [0.15, 0.2) is 24.3 Å². The molecule has 0 saturated carbocycles. The number of phenolic OH excluding ortho intramolecular Hbond substituents is 1. The summed E-state index contributed by atoms with van der Waals surface area (Å²) in [5, 5.41) is 9.10. The molecular weight excluding hydrogens is 230 g/mol. The van der Waals surface area contributed by atoms with Crippen molar-refractivity contribution in [3.05, 3.63) is 29.8 Å². The van der Waals surface area contributed by atoms with Crippen molar-refractivity contribution in [1.82, 2.24) is 4.84 Å². The number of hydrogen-bond donors (Lipinski definition) is 2. The summed E-state index contributed by atoms with van der Waals surface area (Å²) in [6.45, 7) is 0. The first-order chi connectivity index (χ1) is 7.67. The van der Waals surface area contributed by atoms with Gasteiger partial charge in [0, 0.05) is 0 Å². The van der Waals surface area contributed by atoms with Crippen molar-refractivity contribution in [3.8, 4) is 5.75 Å². The Labute approximate surface area is 99.3 Å². The van der Waals surface area contributed by atoms with Gasteiger partial charge in [0.25, 0.3) is 0 Å². The summed E-state index contributed by atoms with van der Waals surface area (Å²) in [5.41, 5.74) is 1.03. The molecule has 1 aromatic rings. The highest BCUT2D eigenvalue weighted by molar-refractivity contribution is 6.14. The topological polar surface area (TPSA) is 58.6 Å². The Kier molecular flexibility index (Phi) is 5.08. The van der Waals surface area contributed by atoms with Crippen LogP contribution in [0, 0.1) is 0 Å². The fourth-order valence-electron chi connectivity index (χ4n) is 1.33. The molecule has 0 bridgehead atoms. The fraction of sp³-hybridized carbons (Fsp3) is 0.364. The number of benzene rings is 1. The summed E-state index contributed by atoms with van der Waals surface area (Å²) in [6.07, 6.45) is 1.22. The van der Waals surface area contributed by atoms with Crippen LogP contribution in [0.5, 0.6) is 5.75 Å². The van der Waals surface area contributed by atoms with E-state index in [0.717, 1.165) is 5.56 Å². The van der Waals surface area contributed by atoms with Crippen LogP contribution in [-0.2, 0) is 16.0 Å². The van der Waals surface area contributed by atoms with E-state index in [2.05, 4.69) is 9.57 Å². The maximum absolute atomic E-state index is 11.2. The Morgan fingerprint density at radius 2 is 2.12 bits per heavy atom. The highest BCUT2D eigenvalue weighted by Gasteiger charge is 2.17. The SMILES string of the molecule is COC(=O)[C@H](CCc1ccc(O)cc1)NCl. The van der Waals surface area contributed by atoms with Crippen molar-refractivity contribution >= 4 is 17.7 Å². The molecule has 1 rings (SSSR count). The lowest BCUT2D eigenvalue weighted by Gasteiger charge is -2.11. The molecule has 4 nitrogen and oxygen atoms in total. The molecule has 88 valence electrons. The number of esters is 1. The van der Waals surface area contributed by atoms with E-state index in [0.29, 0.717) is 12.8 Å². The zero-order valence-electron chi connectivity index (χ0n) is 8.94. The summed E-state index contributed by atoms with van der Waals surface area (Å²) in [5.74, 6) is -0.155. The number of carbonyl (C=O) groups is 1. The molecule has 0 aliphatic rings. The molecule has 2 N–H and O–H groups in total. The lowest BCUT2D eigenvalue weighted by molar-refractivity contribution is -0.142. The molecule has 5 heteroatoms. The van der Waals surface area contributed by atoms with Crippen LogP contribution in [0.1, 0.15) is 12.0 Å². The third-order valence-electron chi connectivity index (χ3n) is 2.28. The average molecular weight is 244 g/mol. The Bertz CT molecular complexity index is 340. The van der Waals surface area contributed by atoms with Gasteiger partial charge in [-0.15, -0.1) is 0 Å². The first kappa shape index (κ1) is 12.8. The van der Waals surface area contributed by atoms with Crippen molar-refractivity contribution in [3.63, 3.8) is 0 Å². The second kappa shape index (κ2) is 6.35. The Balaban J connectivity index is 2.49. The van der Waals surface area contributed by atoms with E-state index in [1.807, 2.05) is 0 Å². The summed E-state index contributed by atoms with van der Waals surface area (Å²) >= 11 is 5.44. The van der Waals surface area contributed by atoms with Gasteiger partial charge in [0.2, 0.25) is 0 Å². The quantitative estimate of drug-likeness (QED) is 0.609. The van der Waals surface area contributed by atoms with Gasteiger partial charge < -0.3 is 9.84 Å². The van der Waals surface area contributed by atoms with Crippen molar-refractivity contribution in [2.24, 2.45) is 0 Å². The predicted molar refractivity (Wildman–Crippen MR) is 61.2 cm³/mol. The standard InChI is InChI=1S/C11H14ClNO3/c1-16-11(15)10(13-12)7-4-8-2-5-9(14)6-3-8/h2-3,5-6,10,13-14H,4,7H2,1H3/t10-/m0/s1. The minimum absolute atomic E-state index is 0.226. The largest absolute Gasteiger partial charge is 0.508 e. The number of methoxy groups -OCH3 is 1. The van der Waals surface area contributed by atoms with Crippen LogP contribution in [-0.4, -0.2) is 24.2 Å². The predicted octanol–water partition coefficient (Wildman–Crippen LogP) is 1.61. The highest BCUT2D eigenvalue weighted by Crippen LogP contribution is 2.12. The molecule has 0 fully saturated rings. The summed E-state index contributed by atoms with van der Waals surface area (Å²) in [6, 6.07) is 6.31. The van der Waals surface area contributed by atoms with E-state index >= 15 is 0 Å². The van der Waals surface area contributed by atoms with Gasteiger partial charge in [-0.05, 0) is 42.3 Å². The van der Waals surface area contributed by atoms with Crippen LogP contribution >= 0.6 is 11.8 Å². The molecule has 1 aromatic carbocycles. The van der Waals surface area contributed by atoms with Crippen LogP contribution in [0.4, 0.5) is 0 Å². The van der Waals surface area contributed by atoms with E-state index in [-0.39, 0.29) is 11.7 Å². The molecule has 0 spiro atoms. The number of hydrogen-bond acceptors (Lipinski definition) is 4. The molecule has 16 heavy (non-hydrogen) atoms. The first-order valence-corrected chi connectivity index (χ1v) is 5.27. The first-order valence-electron chi connectivity index (χ1n) is 4.89. The number of carbonyl (C=O) groups excluding carboxylic acids is 1. The number of aryl methyl sites for hydroxylation is 1. The molecule has 0 aliphatic carbocycles. The third kappa shape index (κ3) is 3.72. The number of aromatic hydroxyl groups is 1. The molecule has 0 aromatic heterocycles. The normalized spacial score (nSPS) is 12.1. The molecule has 0 aliphatic heterocycles. The average Bonchev–Trinajstić information content (AvgIpc) is 2.31. The van der Waals surface area contributed by atoms with Gasteiger partial charge >= 0.3 is 5.97 Å². The summed E-state index contributed by atoms with van der Waals surface area (Å²) in [7, 11) is 1.32. The summed E-state index contributed by atoms with van der Waals surface area (Å²) in [4.78, 5) is 13.6. The summed E-state index contributed by atoms with van der Waals surface area (Å²) < 4.78 is 4.58. The van der Waals surface area contributed by atoms with Gasteiger partial charge in [-0.2, -0.15) is 0 Å². The zero-order chi connectivity index (χ0) is 12.0. The van der Waals surface area contributed by atoms with Crippen LogP contribution < -0.4 is 4.84 Å². The van der Waals surface area contributed by atoms with Crippen molar-refractivity contribution in [1.29, 1.82) is 0 Å². The monoisotopic (exact) mass is 243 g/mol. The number of nitrogens with one attached hydrogen (secondary N) is 1. The Morgan fingerprint density at radius 3 is 2.62 bits per heavy atom.